The molecule has 4 nitrogen and oxygen atoms in total. The molecule has 9 aromatic carbocycles. The molecule has 13 aromatic rings. The van der Waals surface area contributed by atoms with Gasteiger partial charge in [0.2, 0.25) is 0 Å². The summed E-state index contributed by atoms with van der Waals surface area (Å²) < 4.78 is 113. The van der Waals surface area contributed by atoms with Crippen molar-refractivity contribution in [3.05, 3.63) is 192 Å². The van der Waals surface area contributed by atoms with Crippen LogP contribution in [0.5, 0.6) is 0 Å². The van der Waals surface area contributed by atoms with E-state index in [0.29, 0.717) is 66.6 Å². The standard InChI is InChI=1S/C62H42F6N2O2/c1-33(2)51-55(39-19-5-11-23-43(39)61(63,64)65)58(70-46-26-14-8-22-42(46)54-48(70)32-30-38-36-18-10-16-28-50(36)72-60(38)54)56(40-20-6-12-24-44(40)62(66,67)68)52(34(3)4)57(51)69-45-25-13-7-21-41(45)53-47(69)31-29-37-35-17-9-15-27-49(35)71-59(37)53/h5-34H,1-4H3. The molecule has 0 fully saturated rings. The second-order valence-electron chi connectivity index (χ2n) is 19.2. The summed E-state index contributed by atoms with van der Waals surface area (Å²) in [6.07, 6.45) is -9.74. The monoisotopic (exact) mass is 960 g/mol. The average molecular weight is 961 g/mol. The van der Waals surface area contributed by atoms with Gasteiger partial charge in [-0.15, -0.1) is 0 Å². The molecule has 0 amide bonds. The van der Waals surface area contributed by atoms with E-state index in [2.05, 4.69) is 4.57 Å². The molecule has 354 valence electrons. The van der Waals surface area contributed by atoms with Crippen molar-refractivity contribution in [3.63, 3.8) is 0 Å². The lowest BCUT2D eigenvalue weighted by Gasteiger charge is -2.33. The van der Waals surface area contributed by atoms with Gasteiger partial charge in [0.25, 0.3) is 0 Å². The van der Waals surface area contributed by atoms with E-state index in [1.807, 2.05) is 154 Å². The molecule has 72 heavy (non-hydrogen) atoms. The van der Waals surface area contributed by atoms with Gasteiger partial charge >= 0.3 is 12.4 Å². The number of halogens is 6. The van der Waals surface area contributed by atoms with Crippen LogP contribution in [0.3, 0.4) is 0 Å². The number of benzene rings is 9. The van der Waals surface area contributed by atoms with Crippen molar-refractivity contribution in [1.29, 1.82) is 0 Å². The fourth-order valence-corrected chi connectivity index (χ4v) is 11.7. The lowest BCUT2D eigenvalue weighted by molar-refractivity contribution is -0.137. The van der Waals surface area contributed by atoms with Crippen LogP contribution in [0.2, 0.25) is 0 Å². The summed E-state index contributed by atoms with van der Waals surface area (Å²) in [6, 6.07) is 49.5. The highest BCUT2D eigenvalue weighted by molar-refractivity contribution is 6.26. The van der Waals surface area contributed by atoms with Gasteiger partial charge in [-0.25, -0.2) is 0 Å². The Labute approximate surface area is 407 Å². The van der Waals surface area contributed by atoms with E-state index in [9.17, 15) is 0 Å². The fraction of sp³-hybridized carbons (Fsp3) is 0.129. The quantitative estimate of drug-likeness (QED) is 0.156. The Balaban J connectivity index is 1.34. The van der Waals surface area contributed by atoms with Crippen LogP contribution in [0.4, 0.5) is 26.3 Å². The second-order valence-corrected chi connectivity index (χ2v) is 19.2. The van der Waals surface area contributed by atoms with Gasteiger partial charge in [-0.2, -0.15) is 26.3 Å². The maximum atomic E-state index is 16.0. The van der Waals surface area contributed by atoms with Crippen LogP contribution < -0.4 is 0 Å². The molecule has 0 atom stereocenters. The Hall–Kier alpha value is -8.24. The summed E-state index contributed by atoms with van der Waals surface area (Å²) in [5, 5.41) is 6.52. The van der Waals surface area contributed by atoms with E-state index in [0.717, 1.165) is 49.8 Å². The highest BCUT2D eigenvalue weighted by Crippen LogP contribution is 2.56. The van der Waals surface area contributed by atoms with Gasteiger partial charge < -0.3 is 18.0 Å². The van der Waals surface area contributed by atoms with Crippen molar-refractivity contribution in [2.45, 2.75) is 51.9 Å². The minimum absolute atomic E-state index is 0.160. The van der Waals surface area contributed by atoms with Crippen LogP contribution in [0.1, 0.15) is 61.8 Å². The molecular formula is C62H42F6N2O2. The Kier molecular flexibility index (Phi) is 9.50. The highest BCUT2D eigenvalue weighted by Gasteiger charge is 2.41. The molecule has 0 unspecified atom stereocenters. The van der Waals surface area contributed by atoms with Crippen LogP contribution in [-0.4, -0.2) is 9.13 Å². The molecule has 4 aromatic heterocycles. The van der Waals surface area contributed by atoms with Gasteiger partial charge in [-0.1, -0.05) is 137 Å². The predicted octanol–water partition coefficient (Wildman–Crippen LogP) is 19.3. The first-order valence-corrected chi connectivity index (χ1v) is 24.0. The molecule has 0 saturated carbocycles. The predicted molar refractivity (Wildman–Crippen MR) is 279 cm³/mol. The van der Waals surface area contributed by atoms with E-state index >= 15 is 26.3 Å². The molecule has 0 bridgehead atoms. The summed E-state index contributed by atoms with van der Waals surface area (Å²) in [5.41, 5.74) is 4.98. The molecule has 10 heteroatoms. The van der Waals surface area contributed by atoms with Gasteiger partial charge in [-0.05, 0) is 94.8 Å². The zero-order valence-electron chi connectivity index (χ0n) is 39.3. The van der Waals surface area contributed by atoms with Crippen LogP contribution in [0.15, 0.2) is 179 Å². The van der Waals surface area contributed by atoms with E-state index < -0.39 is 35.3 Å². The summed E-state index contributed by atoms with van der Waals surface area (Å²) in [7, 11) is 0. The molecule has 0 spiro atoms. The Morgan fingerprint density at radius 1 is 0.361 bits per heavy atom. The number of fused-ring (bicyclic) bond motifs is 14. The first-order valence-electron chi connectivity index (χ1n) is 24.0. The number of rotatable bonds is 6. The van der Waals surface area contributed by atoms with Gasteiger partial charge in [0.1, 0.15) is 22.3 Å². The normalized spacial score (nSPS) is 12.8. The Bertz CT molecular complexity index is 4300. The summed E-state index contributed by atoms with van der Waals surface area (Å²) in [4.78, 5) is 0. The summed E-state index contributed by atoms with van der Waals surface area (Å²) >= 11 is 0. The van der Waals surface area contributed by atoms with Crippen LogP contribution in [0, 0.1) is 0 Å². The van der Waals surface area contributed by atoms with Crippen molar-refractivity contribution in [2.24, 2.45) is 0 Å². The van der Waals surface area contributed by atoms with Gasteiger partial charge in [-0.3, -0.25) is 0 Å². The average Bonchev–Trinajstić information content (AvgIpc) is 4.12. The zero-order valence-corrected chi connectivity index (χ0v) is 39.3. The number of para-hydroxylation sites is 4. The molecule has 13 rings (SSSR count). The van der Waals surface area contributed by atoms with Crippen molar-refractivity contribution in [1.82, 2.24) is 9.13 Å². The lowest BCUT2D eigenvalue weighted by atomic mass is 9.77. The molecule has 0 saturated heterocycles. The number of hydrogen-bond acceptors (Lipinski definition) is 2. The number of alkyl halides is 6. The fourth-order valence-electron chi connectivity index (χ4n) is 11.7. The first kappa shape index (κ1) is 43.8. The van der Waals surface area contributed by atoms with Crippen molar-refractivity contribution < 1.29 is 35.2 Å². The molecule has 0 radical (unpaired) electrons. The van der Waals surface area contributed by atoms with Crippen LogP contribution in [-0.2, 0) is 12.4 Å². The maximum absolute atomic E-state index is 16.0. The summed E-state index contributed by atoms with van der Waals surface area (Å²) in [5.74, 6) is -1.03. The lowest BCUT2D eigenvalue weighted by Crippen LogP contribution is -2.18. The minimum atomic E-state index is -4.87. The molecule has 0 N–H and O–H groups in total. The van der Waals surface area contributed by atoms with Crippen molar-refractivity contribution >= 4 is 87.5 Å². The number of nitrogens with zero attached hydrogens (tertiary/aromatic N) is 2. The Morgan fingerprint density at radius 3 is 1.14 bits per heavy atom. The molecule has 0 aliphatic carbocycles. The molecule has 4 heterocycles. The zero-order chi connectivity index (χ0) is 49.5. The van der Waals surface area contributed by atoms with E-state index in [1.165, 1.54) is 24.3 Å². The minimum Gasteiger partial charge on any atom is -0.455 e. The van der Waals surface area contributed by atoms with Crippen molar-refractivity contribution in [2.75, 3.05) is 0 Å². The van der Waals surface area contributed by atoms with E-state index in [4.69, 9.17) is 8.83 Å². The van der Waals surface area contributed by atoms with Crippen molar-refractivity contribution in [3.8, 4) is 33.6 Å². The molecular weight excluding hydrogens is 919 g/mol. The third-order valence-electron chi connectivity index (χ3n) is 14.5. The largest absolute Gasteiger partial charge is 0.455 e. The maximum Gasteiger partial charge on any atom is 0.417 e. The van der Waals surface area contributed by atoms with Crippen LogP contribution in [0.25, 0.3) is 121 Å². The van der Waals surface area contributed by atoms with Gasteiger partial charge in [0.15, 0.2) is 0 Å². The van der Waals surface area contributed by atoms with E-state index in [1.54, 1.807) is 12.1 Å². The third kappa shape index (κ3) is 6.20. The summed E-state index contributed by atoms with van der Waals surface area (Å²) in [6.45, 7) is 7.80. The number of hydrogen-bond donors (Lipinski definition) is 0. The third-order valence-corrected chi connectivity index (χ3v) is 14.5. The number of aromatic nitrogens is 2. The Morgan fingerprint density at radius 2 is 0.722 bits per heavy atom. The first-order chi connectivity index (χ1) is 34.7. The SMILES string of the molecule is CC(C)c1c(-c2ccccc2C(F)(F)F)c(-n2c3ccccc3c3c4oc5ccccc5c4ccc32)c(-c2ccccc2C(F)(F)F)c(C(C)C)c1-n1c2ccccc2c2c3oc4ccccc4c3ccc21. The van der Waals surface area contributed by atoms with Gasteiger partial charge in [0.05, 0.1) is 55.3 Å². The highest BCUT2D eigenvalue weighted by atomic mass is 19.4. The topological polar surface area (TPSA) is 36.1 Å². The molecule has 0 aliphatic rings. The van der Waals surface area contributed by atoms with Crippen LogP contribution >= 0.6 is 0 Å². The molecule has 0 aliphatic heterocycles. The van der Waals surface area contributed by atoms with Gasteiger partial charge in [0, 0.05) is 43.4 Å². The smallest absolute Gasteiger partial charge is 0.417 e. The van der Waals surface area contributed by atoms with E-state index in [-0.39, 0.29) is 27.9 Å². The second kappa shape index (κ2) is 15.6. The number of furan rings is 2.